The van der Waals surface area contributed by atoms with Crippen LogP contribution in [-0.4, -0.2) is 51.2 Å². The van der Waals surface area contributed by atoms with Crippen LogP contribution in [0.15, 0.2) is 4.60 Å². The van der Waals surface area contributed by atoms with Gasteiger partial charge in [-0.3, -0.25) is 0 Å². The van der Waals surface area contributed by atoms with E-state index in [4.69, 9.17) is 9.47 Å². The van der Waals surface area contributed by atoms with E-state index < -0.39 is 5.60 Å². The van der Waals surface area contributed by atoms with Crippen molar-refractivity contribution in [1.82, 2.24) is 20.3 Å². The number of piperidine rings is 1. The summed E-state index contributed by atoms with van der Waals surface area (Å²) < 4.78 is 11.9. The lowest BCUT2D eigenvalue weighted by molar-refractivity contribution is -0.0267. The number of hydrogen-bond acceptors (Lipinski definition) is 5. The fraction of sp³-hybridized carbons (Fsp3) is 0.769. The van der Waals surface area contributed by atoms with Crippen LogP contribution in [0.25, 0.3) is 0 Å². The molecular formula is C13H21BrN4O3. The molecule has 1 amide bonds. The molecule has 0 spiro atoms. The van der Waals surface area contributed by atoms with Gasteiger partial charge in [0.25, 0.3) is 0 Å². The third-order valence-electron chi connectivity index (χ3n) is 3.06. The summed E-state index contributed by atoms with van der Waals surface area (Å²) in [6, 6.07) is 0. The normalized spacial score (nSPS) is 19.6. The summed E-state index contributed by atoms with van der Waals surface area (Å²) in [5.41, 5.74) is 0.251. The lowest BCUT2D eigenvalue weighted by Gasteiger charge is -2.33. The molecule has 21 heavy (non-hydrogen) atoms. The SMILES string of the molecule is CC(C)(C)OC(=O)N1CCC[C@@H](OCc2n[nH]nc2Br)C1. The third-order valence-corrected chi connectivity index (χ3v) is 3.69. The van der Waals surface area contributed by atoms with Gasteiger partial charge in [0, 0.05) is 6.54 Å². The van der Waals surface area contributed by atoms with Gasteiger partial charge in [-0.2, -0.15) is 10.3 Å². The number of aromatic nitrogens is 3. The number of H-pyrrole nitrogens is 1. The van der Waals surface area contributed by atoms with Crippen LogP contribution >= 0.6 is 15.9 Å². The van der Waals surface area contributed by atoms with Crippen molar-refractivity contribution in [2.24, 2.45) is 0 Å². The molecule has 8 heteroatoms. The average Bonchev–Trinajstić information content (AvgIpc) is 2.80. The predicted molar refractivity (Wildman–Crippen MR) is 79.7 cm³/mol. The Bertz CT molecular complexity index is 486. The molecular weight excluding hydrogens is 340 g/mol. The van der Waals surface area contributed by atoms with E-state index in [9.17, 15) is 4.79 Å². The van der Waals surface area contributed by atoms with Gasteiger partial charge in [-0.1, -0.05) is 0 Å². The van der Waals surface area contributed by atoms with E-state index in [1.807, 2.05) is 20.8 Å². The Morgan fingerprint density at radius 2 is 2.24 bits per heavy atom. The molecule has 2 heterocycles. The zero-order valence-corrected chi connectivity index (χ0v) is 14.1. The van der Waals surface area contributed by atoms with E-state index in [-0.39, 0.29) is 12.2 Å². The largest absolute Gasteiger partial charge is 0.444 e. The Labute approximate surface area is 132 Å². The van der Waals surface area contributed by atoms with Crippen LogP contribution in [0.4, 0.5) is 4.79 Å². The van der Waals surface area contributed by atoms with Crippen LogP contribution in [0.5, 0.6) is 0 Å². The monoisotopic (exact) mass is 360 g/mol. The summed E-state index contributed by atoms with van der Waals surface area (Å²) in [5, 5.41) is 10.4. The molecule has 1 fully saturated rings. The number of rotatable bonds is 3. The number of hydrogen-bond donors (Lipinski definition) is 1. The van der Waals surface area contributed by atoms with Crippen molar-refractivity contribution in [1.29, 1.82) is 0 Å². The van der Waals surface area contributed by atoms with Gasteiger partial charge in [0.2, 0.25) is 0 Å². The number of nitrogens with zero attached hydrogens (tertiary/aromatic N) is 3. The number of likely N-dealkylation sites (tertiary alicyclic amines) is 1. The van der Waals surface area contributed by atoms with Crippen molar-refractivity contribution in [3.05, 3.63) is 10.3 Å². The molecule has 0 saturated carbocycles. The number of nitrogens with one attached hydrogen (secondary N) is 1. The van der Waals surface area contributed by atoms with E-state index in [2.05, 4.69) is 31.3 Å². The van der Waals surface area contributed by atoms with Gasteiger partial charge in [-0.25, -0.2) is 4.79 Å². The lowest BCUT2D eigenvalue weighted by Crippen LogP contribution is -2.45. The van der Waals surface area contributed by atoms with Gasteiger partial charge in [0.15, 0.2) is 4.60 Å². The van der Waals surface area contributed by atoms with Crippen molar-refractivity contribution in [2.75, 3.05) is 13.1 Å². The molecule has 2 rings (SSSR count). The predicted octanol–water partition coefficient (Wildman–Crippen LogP) is 2.48. The molecule has 1 aliphatic rings. The summed E-state index contributed by atoms with van der Waals surface area (Å²) in [7, 11) is 0. The van der Waals surface area contributed by atoms with Gasteiger partial charge in [-0.05, 0) is 49.5 Å². The maximum atomic E-state index is 12.1. The molecule has 0 bridgehead atoms. The minimum atomic E-state index is -0.476. The topological polar surface area (TPSA) is 80.3 Å². The second kappa shape index (κ2) is 6.74. The third kappa shape index (κ3) is 4.96. The highest BCUT2D eigenvalue weighted by atomic mass is 79.9. The Morgan fingerprint density at radius 1 is 1.48 bits per heavy atom. The first-order chi connectivity index (χ1) is 9.85. The second-order valence-electron chi connectivity index (χ2n) is 6.06. The van der Waals surface area contributed by atoms with E-state index in [0.29, 0.717) is 24.3 Å². The van der Waals surface area contributed by atoms with Gasteiger partial charge < -0.3 is 14.4 Å². The fourth-order valence-electron chi connectivity index (χ4n) is 2.10. The fourth-order valence-corrected chi connectivity index (χ4v) is 2.38. The van der Waals surface area contributed by atoms with Crippen molar-refractivity contribution in [2.45, 2.75) is 51.9 Å². The summed E-state index contributed by atoms with van der Waals surface area (Å²) >= 11 is 3.29. The second-order valence-corrected chi connectivity index (χ2v) is 6.81. The summed E-state index contributed by atoms with van der Waals surface area (Å²) in [6.07, 6.45) is 1.55. The summed E-state index contributed by atoms with van der Waals surface area (Å²) in [4.78, 5) is 13.8. The number of aromatic amines is 1. The van der Waals surface area contributed by atoms with E-state index in [1.54, 1.807) is 4.90 Å². The highest BCUT2D eigenvalue weighted by Crippen LogP contribution is 2.19. The average molecular weight is 361 g/mol. The minimum absolute atomic E-state index is 0.00475. The zero-order valence-electron chi connectivity index (χ0n) is 12.6. The quantitative estimate of drug-likeness (QED) is 0.895. The first-order valence-corrected chi connectivity index (χ1v) is 7.79. The Morgan fingerprint density at radius 3 is 2.86 bits per heavy atom. The van der Waals surface area contributed by atoms with Crippen LogP contribution in [0, 0.1) is 0 Å². The molecule has 1 saturated heterocycles. The van der Waals surface area contributed by atoms with Crippen molar-refractivity contribution >= 4 is 22.0 Å². The van der Waals surface area contributed by atoms with Crippen molar-refractivity contribution < 1.29 is 14.3 Å². The number of ether oxygens (including phenoxy) is 2. The molecule has 1 N–H and O–H groups in total. The van der Waals surface area contributed by atoms with Gasteiger partial charge in [0.1, 0.15) is 11.3 Å². The Kier molecular flexibility index (Phi) is 5.21. The highest BCUT2D eigenvalue weighted by molar-refractivity contribution is 9.10. The minimum Gasteiger partial charge on any atom is -0.444 e. The molecule has 1 aliphatic heterocycles. The number of carbonyl (C=O) groups excluding carboxylic acids is 1. The first-order valence-electron chi connectivity index (χ1n) is 7.00. The summed E-state index contributed by atoms with van der Waals surface area (Å²) in [6.45, 7) is 7.22. The van der Waals surface area contributed by atoms with Gasteiger partial charge >= 0.3 is 6.09 Å². The molecule has 7 nitrogen and oxygen atoms in total. The van der Waals surface area contributed by atoms with E-state index in [1.165, 1.54) is 0 Å². The van der Waals surface area contributed by atoms with E-state index >= 15 is 0 Å². The van der Waals surface area contributed by atoms with E-state index in [0.717, 1.165) is 18.5 Å². The molecule has 0 aliphatic carbocycles. The first kappa shape index (κ1) is 16.2. The van der Waals surface area contributed by atoms with Crippen molar-refractivity contribution in [3.63, 3.8) is 0 Å². The molecule has 0 radical (unpaired) electrons. The number of carbonyl (C=O) groups is 1. The zero-order chi connectivity index (χ0) is 15.5. The number of halogens is 1. The smallest absolute Gasteiger partial charge is 0.410 e. The van der Waals surface area contributed by atoms with Crippen LogP contribution in [0.2, 0.25) is 0 Å². The van der Waals surface area contributed by atoms with Crippen LogP contribution < -0.4 is 0 Å². The maximum absolute atomic E-state index is 12.1. The molecule has 0 aromatic carbocycles. The van der Waals surface area contributed by atoms with Crippen LogP contribution in [0.1, 0.15) is 39.3 Å². The van der Waals surface area contributed by atoms with Gasteiger partial charge in [-0.15, -0.1) is 5.10 Å². The Hall–Kier alpha value is -1.15. The number of amides is 1. The molecule has 0 unspecified atom stereocenters. The molecule has 118 valence electrons. The highest BCUT2D eigenvalue weighted by Gasteiger charge is 2.28. The lowest BCUT2D eigenvalue weighted by atomic mass is 10.1. The molecule has 1 aromatic rings. The van der Waals surface area contributed by atoms with Crippen LogP contribution in [0.3, 0.4) is 0 Å². The van der Waals surface area contributed by atoms with Gasteiger partial charge in [0.05, 0.1) is 19.3 Å². The summed E-state index contributed by atoms with van der Waals surface area (Å²) in [5.74, 6) is 0. The standard InChI is InChI=1S/C13H21BrN4O3/c1-13(2,3)21-12(19)18-6-4-5-9(7-18)20-8-10-11(14)16-17-15-10/h9H,4-8H2,1-3H3,(H,15,16,17)/t9-/m1/s1. The maximum Gasteiger partial charge on any atom is 0.410 e. The van der Waals surface area contributed by atoms with Crippen molar-refractivity contribution in [3.8, 4) is 0 Å². The molecule has 1 atom stereocenters. The Balaban J connectivity index is 1.83. The molecule has 1 aromatic heterocycles. The van der Waals surface area contributed by atoms with Crippen LogP contribution in [-0.2, 0) is 16.1 Å².